The molecular weight excluding hydrogens is 261 g/mol. The molecule has 0 unspecified atom stereocenters. The summed E-state index contributed by atoms with van der Waals surface area (Å²) in [5.41, 5.74) is 3.52. The Morgan fingerprint density at radius 2 is 1.19 bits per heavy atom. The lowest BCUT2D eigenvalue weighted by Gasteiger charge is -2.07. The molecule has 0 fully saturated rings. The number of fused-ring (bicyclic) bond motifs is 3. The highest BCUT2D eigenvalue weighted by molar-refractivity contribution is 6.08. The molecule has 21 heavy (non-hydrogen) atoms. The van der Waals surface area contributed by atoms with Crippen LogP contribution < -0.4 is 0 Å². The molecule has 4 aromatic rings. The van der Waals surface area contributed by atoms with Gasteiger partial charge in [0.25, 0.3) is 0 Å². The zero-order valence-electron chi connectivity index (χ0n) is 11.5. The van der Waals surface area contributed by atoms with Crippen LogP contribution >= 0.6 is 0 Å². The molecule has 0 radical (unpaired) electrons. The fraction of sp³-hybridized carbons (Fsp3) is 0.0526. The Kier molecular flexibility index (Phi) is 2.74. The third-order valence-electron chi connectivity index (χ3n) is 3.93. The van der Waals surface area contributed by atoms with Gasteiger partial charge in [0, 0.05) is 28.4 Å². The minimum Gasteiger partial charge on any atom is -0.336 e. The number of benzene rings is 3. The summed E-state index contributed by atoms with van der Waals surface area (Å²) in [6.07, 6.45) is 0. The molecule has 0 N–H and O–H groups in total. The Hall–Kier alpha value is -2.61. The molecule has 0 atom stereocenters. The maximum Gasteiger partial charge on any atom is 0.123 e. The summed E-state index contributed by atoms with van der Waals surface area (Å²) in [6, 6.07) is 23.6. The first-order valence-electron chi connectivity index (χ1n) is 7.03. The van der Waals surface area contributed by atoms with Gasteiger partial charge in [-0.1, -0.05) is 48.5 Å². The van der Waals surface area contributed by atoms with E-state index in [1.165, 1.54) is 33.9 Å². The molecule has 0 aliphatic rings. The van der Waals surface area contributed by atoms with Crippen LogP contribution in [0.3, 0.4) is 0 Å². The third kappa shape index (κ3) is 2.00. The molecule has 1 nitrogen and oxygen atoms in total. The Labute approximate surface area is 122 Å². The lowest BCUT2D eigenvalue weighted by molar-refractivity contribution is 0.626. The molecule has 4 rings (SSSR count). The van der Waals surface area contributed by atoms with Crippen molar-refractivity contribution in [1.82, 2.24) is 4.57 Å². The number of nitrogens with zero attached hydrogens (tertiary/aromatic N) is 1. The van der Waals surface area contributed by atoms with Crippen molar-refractivity contribution in [2.45, 2.75) is 6.54 Å². The van der Waals surface area contributed by atoms with E-state index in [0.717, 1.165) is 12.1 Å². The molecule has 3 aromatic carbocycles. The molecule has 0 spiro atoms. The van der Waals surface area contributed by atoms with Crippen LogP contribution in [0.15, 0.2) is 72.8 Å². The Balaban J connectivity index is 1.95. The van der Waals surface area contributed by atoms with E-state index in [1.54, 1.807) is 0 Å². The molecule has 0 bridgehead atoms. The van der Waals surface area contributed by atoms with Crippen LogP contribution in [0, 0.1) is 5.82 Å². The van der Waals surface area contributed by atoms with Gasteiger partial charge >= 0.3 is 0 Å². The van der Waals surface area contributed by atoms with Gasteiger partial charge in [0.15, 0.2) is 0 Å². The number of halogens is 1. The van der Waals surface area contributed by atoms with Gasteiger partial charge in [-0.2, -0.15) is 0 Å². The number of rotatable bonds is 2. The van der Waals surface area contributed by atoms with Crippen LogP contribution in [0.25, 0.3) is 21.8 Å². The van der Waals surface area contributed by atoms with Gasteiger partial charge in [-0.05, 0) is 29.8 Å². The summed E-state index contributed by atoms with van der Waals surface area (Å²) in [7, 11) is 0. The second kappa shape index (κ2) is 4.74. The van der Waals surface area contributed by atoms with Gasteiger partial charge in [-0.3, -0.25) is 0 Å². The third-order valence-corrected chi connectivity index (χ3v) is 3.93. The number of para-hydroxylation sites is 2. The van der Waals surface area contributed by atoms with E-state index in [1.807, 2.05) is 12.1 Å². The Morgan fingerprint density at radius 3 is 1.76 bits per heavy atom. The van der Waals surface area contributed by atoms with E-state index in [9.17, 15) is 4.39 Å². The van der Waals surface area contributed by atoms with Crippen LogP contribution in [0.1, 0.15) is 5.56 Å². The Bertz CT molecular complexity index is 866. The van der Waals surface area contributed by atoms with Crippen molar-refractivity contribution in [3.05, 3.63) is 84.2 Å². The van der Waals surface area contributed by atoms with E-state index in [2.05, 4.69) is 53.1 Å². The lowest BCUT2D eigenvalue weighted by atomic mass is 10.2. The highest BCUT2D eigenvalue weighted by Crippen LogP contribution is 2.29. The lowest BCUT2D eigenvalue weighted by Crippen LogP contribution is -1.99. The fourth-order valence-electron chi connectivity index (χ4n) is 2.95. The quantitative estimate of drug-likeness (QED) is 0.486. The summed E-state index contributed by atoms with van der Waals surface area (Å²) in [5, 5.41) is 2.52. The van der Waals surface area contributed by atoms with E-state index in [-0.39, 0.29) is 5.82 Å². The SMILES string of the molecule is Fc1ccc(Cn2c3ccccc3c3ccccc32)cc1. The van der Waals surface area contributed by atoms with Gasteiger partial charge in [0.1, 0.15) is 5.82 Å². The number of hydrogen-bond acceptors (Lipinski definition) is 0. The van der Waals surface area contributed by atoms with Crippen LogP contribution in [-0.4, -0.2) is 4.57 Å². The molecule has 0 saturated carbocycles. The van der Waals surface area contributed by atoms with Crippen molar-refractivity contribution < 1.29 is 4.39 Å². The monoisotopic (exact) mass is 275 g/mol. The predicted molar refractivity (Wildman–Crippen MR) is 84.9 cm³/mol. The van der Waals surface area contributed by atoms with Crippen molar-refractivity contribution in [1.29, 1.82) is 0 Å². The summed E-state index contributed by atoms with van der Waals surface area (Å²) in [6.45, 7) is 0.744. The molecule has 102 valence electrons. The van der Waals surface area contributed by atoms with Crippen molar-refractivity contribution in [3.8, 4) is 0 Å². The molecule has 1 heterocycles. The van der Waals surface area contributed by atoms with E-state index < -0.39 is 0 Å². The van der Waals surface area contributed by atoms with Gasteiger partial charge < -0.3 is 4.57 Å². The maximum atomic E-state index is 13.1. The first kappa shape index (κ1) is 12.2. The number of aromatic nitrogens is 1. The summed E-state index contributed by atoms with van der Waals surface area (Å²) < 4.78 is 15.4. The average Bonchev–Trinajstić information content (AvgIpc) is 2.85. The maximum absolute atomic E-state index is 13.1. The molecule has 0 aliphatic carbocycles. The van der Waals surface area contributed by atoms with Crippen LogP contribution in [0.4, 0.5) is 4.39 Å². The molecule has 1 aromatic heterocycles. The van der Waals surface area contributed by atoms with Gasteiger partial charge in [-0.15, -0.1) is 0 Å². The topological polar surface area (TPSA) is 4.93 Å². The van der Waals surface area contributed by atoms with Crippen molar-refractivity contribution >= 4 is 21.8 Å². The molecule has 0 amide bonds. The largest absolute Gasteiger partial charge is 0.336 e. The van der Waals surface area contributed by atoms with Crippen molar-refractivity contribution in [2.24, 2.45) is 0 Å². The first-order valence-corrected chi connectivity index (χ1v) is 7.03. The minimum atomic E-state index is -0.194. The number of hydrogen-bond donors (Lipinski definition) is 0. The minimum absolute atomic E-state index is 0.194. The molecule has 0 aliphatic heterocycles. The van der Waals surface area contributed by atoms with Crippen LogP contribution in [-0.2, 0) is 6.54 Å². The summed E-state index contributed by atoms with van der Waals surface area (Å²) in [5.74, 6) is -0.194. The van der Waals surface area contributed by atoms with Gasteiger partial charge in [0.2, 0.25) is 0 Å². The normalized spacial score (nSPS) is 11.3. The van der Waals surface area contributed by atoms with E-state index in [0.29, 0.717) is 0 Å². The fourth-order valence-corrected chi connectivity index (χ4v) is 2.95. The highest BCUT2D eigenvalue weighted by Gasteiger charge is 2.09. The van der Waals surface area contributed by atoms with E-state index >= 15 is 0 Å². The Morgan fingerprint density at radius 1 is 0.667 bits per heavy atom. The standard InChI is InChI=1S/C19H14FN/c20-15-11-9-14(10-12-15)13-21-18-7-3-1-5-16(18)17-6-2-4-8-19(17)21/h1-12H,13H2. The zero-order chi connectivity index (χ0) is 14.2. The molecule has 0 saturated heterocycles. The van der Waals surface area contributed by atoms with Gasteiger partial charge in [-0.25, -0.2) is 4.39 Å². The van der Waals surface area contributed by atoms with Crippen molar-refractivity contribution in [3.63, 3.8) is 0 Å². The predicted octanol–water partition coefficient (Wildman–Crippen LogP) is 4.98. The second-order valence-corrected chi connectivity index (χ2v) is 5.25. The van der Waals surface area contributed by atoms with Gasteiger partial charge in [0.05, 0.1) is 0 Å². The first-order chi connectivity index (χ1) is 10.3. The zero-order valence-corrected chi connectivity index (χ0v) is 11.5. The second-order valence-electron chi connectivity index (χ2n) is 5.25. The van der Waals surface area contributed by atoms with Crippen LogP contribution in [0.2, 0.25) is 0 Å². The smallest absolute Gasteiger partial charge is 0.123 e. The summed E-state index contributed by atoms with van der Waals surface area (Å²) in [4.78, 5) is 0. The van der Waals surface area contributed by atoms with Crippen molar-refractivity contribution in [2.75, 3.05) is 0 Å². The average molecular weight is 275 g/mol. The highest BCUT2D eigenvalue weighted by atomic mass is 19.1. The molecular formula is C19H14FN. The van der Waals surface area contributed by atoms with Crippen LogP contribution in [0.5, 0.6) is 0 Å². The summed E-state index contributed by atoms with van der Waals surface area (Å²) >= 11 is 0. The van der Waals surface area contributed by atoms with E-state index in [4.69, 9.17) is 0 Å². The molecule has 2 heteroatoms.